The molecular weight excluding hydrogens is 727 g/mol. The molecule has 0 radical (unpaired) electrons. The number of benzene rings is 9. The van der Waals surface area contributed by atoms with Crippen LogP contribution in [0.3, 0.4) is 0 Å². The first-order valence-corrected chi connectivity index (χ1v) is 21.2. The average molecular weight is 770 g/mol. The molecule has 286 valence electrons. The van der Waals surface area contributed by atoms with Crippen LogP contribution in [0.4, 0.5) is 11.4 Å². The molecule has 3 nitrogen and oxygen atoms in total. The Balaban J connectivity index is 1.10. The van der Waals surface area contributed by atoms with Gasteiger partial charge in [0.1, 0.15) is 0 Å². The van der Waals surface area contributed by atoms with E-state index in [9.17, 15) is 0 Å². The van der Waals surface area contributed by atoms with E-state index in [1.165, 1.54) is 98.9 Å². The fourth-order valence-electron chi connectivity index (χ4n) is 10.4. The van der Waals surface area contributed by atoms with Crippen LogP contribution >= 0.6 is 0 Å². The molecule has 2 unspecified atom stereocenters. The monoisotopic (exact) mass is 769 g/mol. The lowest BCUT2D eigenvalue weighted by Gasteiger charge is -2.44. The van der Waals surface area contributed by atoms with Gasteiger partial charge < -0.3 is 14.8 Å². The van der Waals surface area contributed by atoms with E-state index in [0.29, 0.717) is 0 Å². The van der Waals surface area contributed by atoms with Crippen LogP contribution in [0.5, 0.6) is 0 Å². The average Bonchev–Trinajstić information content (AvgIpc) is 3.67. The van der Waals surface area contributed by atoms with Crippen molar-refractivity contribution in [2.75, 3.05) is 17.3 Å². The van der Waals surface area contributed by atoms with Crippen molar-refractivity contribution < 1.29 is 0 Å². The summed E-state index contributed by atoms with van der Waals surface area (Å²) in [6, 6.07) is 67.6. The smallest absolute Gasteiger partial charge is 0.0783 e. The van der Waals surface area contributed by atoms with Crippen LogP contribution < -0.4 is 10.2 Å². The summed E-state index contributed by atoms with van der Waals surface area (Å²) in [6.45, 7) is 0. The number of fused-ring (bicyclic) bond motifs is 9. The van der Waals surface area contributed by atoms with E-state index in [4.69, 9.17) is 0 Å². The van der Waals surface area contributed by atoms with Gasteiger partial charge in [0.25, 0.3) is 0 Å². The molecule has 9 aromatic carbocycles. The topological polar surface area (TPSA) is 20.2 Å². The summed E-state index contributed by atoms with van der Waals surface area (Å²) in [7, 11) is 2.28. The van der Waals surface area contributed by atoms with Gasteiger partial charge >= 0.3 is 0 Å². The molecule has 2 heterocycles. The van der Waals surface area contributed by atoms with Crippen LogP contribution in [0.2, 0.25) is 0 Å². The molecule has 1 aromatic heterocycles. The van der Waals surface area contributed by atoms with E-state index in [1.54, 1.807) is 0 Å². The minimum absolute atomic E-state index is 0.00210. The minimum atomic E-state index is -0.0472. The summed E-state index contributed by atoms with van der Waals surface area (Å²) in [5.74, 6) is 0. The zero-order chi connectivity index (χ0) is 39.7. The van der Waals surface area contributed by atoms with E-state index < -0.39 is 0 Å². The van der Waals surface area contributed by atoms with Crippen LogP contribution in [0, 0.1) is 0 Å². The number of anilines is 2. The third-order valence-electron chi connectivity index (χ3n) is 13.2. The summed E-state index contributed by atoms with van der Waals surface area (Å²) in [5.41, 5.74) is 13.7. The molecule has 0 saturated carbocycles. The minimum Gasteiger partial charge on any atom is -0.374 e. The maximum absolute atomic E-state index is 4.12. The van der Waals surface area contributed by atoms with Crippen molar-refractivity contribution >= 4 is 71.1 Å². The van der Waals surface area contributed by atoms with Gasteiger partial charge in [-0.05, 0) is 122 Å². The van der Waals surface area contributed by atoms with Crippen molar-refractivity contribution in [2.45, 2.75) is 24.9 Å². The predicted molar refractivity (Wildman–Crippen MR) is 255 cm³/mol. The molecule has 12 rings (SSSR count). The second kappa shape index (κ2) is 13.9. The van der Waals surface area contributed by atoms with Crippen LogP contribution in [0.25, 0.3) is 76.5 Å². The number of hydrogen-bond donors (Lipinski definition) is 1. The van der Waals surface area contributed by atoms with Gasteiger partial charge in [0.05, 0.1) is 40.2 Å². The van der Waals surface area contributed by atoms with E-state index in [-0.39, 0.29) is 12.1 Å². The van der Waals surface area contributed by atoms with E-state index in [1.807, 2.05) is 0 Å². The Kier molecular flexibility index (Phi) is 8.02. The number of nitrogens with one attached hydrogen (secondary N) is 1. The van der Waals surface area contributed by atoms with Crippen LogP contribution in [-0.4, -0.2) is 11.6 Å². The molecular formula is C57H43N3. The first-order valence-electron chi connectivity index (χ1n) is 21.2. The van der Waals surface area contributed by atoms with Crippen molar-refractivity contribution in [1.82, 2.24) is 4.57 Å². The fourth-order valence-corrected chi connectivity index (χ4v) is 10.4. The molecule has 60 heavy (non-hydrogen) atoms. The molecule has 0 fully saturated rings. The predicted octanol–water partition coefficient (Wildman–Crippen LogP) is 15.0. The lowest BCUT2D eigenvalue weighted by molar-refractivity contribution is 0.563. The summed E-state index contributed by atoms with van der Waals surface area (Å²) >= 11 is 0. The summed E-state index contributed by atoms with van der Waals surface area (Å²) in [6.07, 6.45) is 8.90. The maximum Gasteiger partial charge on any atom is 0.0783 e. The number of para-hydroxylation sites is 2. The maximum atomic E-state index is 4.12. The quantitative estimate of drug-likeness (QED) is 0.188. The lowest BCUT2D eigenvalue weighted by atomic mass is 9.83. The van der Waals surface area contributed by atoms with Crippen LogP contribution in [0.15, 0.2) is 200 Å². The number of allylic oxidation sites excluding steroid dienone is 4. The fraction of sp³-hybridized carbons (Fsp3) is 0.0877. The Morgan fingerprint density at radius 2 is 1.15 bits per heavy atom. The second-order valence-corrected chi connectivity index (χ2v) is 16.5. The summed E-state index contributed by atoms with van der Waals surface area (Å²) in [4.78, 5) is 2.51. The second-order valence-electron chi connectivity index (χ2n) is 16.5. The van der Waals surface area contributed by atoms with E-state index >= 15 is 0 Å². The zero-order valence-electron chi connectivity index (χ0n) is 33.5. The van der Waals surface area contributed by atoms with Gasteiger partial charge in [-0.15, -0.1) is 0 Å². The highest BCUT2D eigenvalue weighted by Gasteiger charge is 2.36. The Morgan fingerprint density at radius 1 is 0.517 bits per heavy atom. The molecule has 1 aliphatic heterocycles. The third-order valence-corrected chi connectivity index (χ3v) is 13.2. The molecule has 2 aliphatic rings. The van der Waals surface area contributed by atoms with Crippen LogP contribution in [0.1, 0.15) is 41.6 Å². The van der Waals surface area contributed by atoms with Gasteiger partial charge in [0.2, 0.25) is 0 Å². The first-order chi connectivity index (χ1) is 29.7. The Bertz CT molecular complexity index is 3290. The molecule has 3 heteroatoms. The van der Waals surface area contributed by atoms with Gasteiger partial charge in [-0.1, -0.05) is 152 Å². The number of rotatable bonds is 5. The molecule has 0 spiro atoms. The number of hydrogen-bond acceptors (Lipinski definition) is 2. The van der Waals surface area contributed by atoms with Crippen molar-refractivity contribution in [2.24, 2.45) is 0 Å². The van der Waals surface area contributed by atoms with Gasteiger partial charge in [0, 0.05) is 23.2 Å². The molecule has 10 aromatic rings. The number of aromatic nitrogens is 1. The zero-order valence-corrected chi connectivity index (χ0v) is 33.5. The standard InChI is InChI=1S/C57H43N3/c1-59-51-27-15-14-26-49(51)58-56(57(59)43-35-41(37-16-4-2-5-17-37)34-42(36-43)38-18-6-3-7-19-38)48-30-33-50(47-25-13-12-24-46(47)48)60-52-31-28-39-20-8-10-22-44(39)54(52)55-45-23-11-9-21-40(45)29-32-53(55)60/h2-6,8-18,20-36,56-58H,7,19H2,1H3. The summed E-state index contributed by atoms with van der Waals surface area (Å²) in [5, 5.41) is 14.3. The van der Waals surface area contributed by atoms with Crippen molar-refractivity contribution in [3.63, 3.8) is 0 Å². The van der Waals surface area contributed by atoms with Crippen LogP contribution in [-0.2, 0) is 0 Å². The number of likely N-dealkylation sites (N-methyl/N-ethyl adjacent to an activating group) is 1. The van der Waals surface area contributed by atoms with E-state index in [0.717, 1.165) is 18.5 Å². The highest BCUT2D eigenvalue weighted by Crippen LogP contribution is 2.50. The summed E-state index contributed by atoms with van der Waals surface area (Å²) < 4.78 is 2.52. The normalized spacial score (nSPS) is 16.4. The van der Waals surface area contributed by atoms with Gasteiger partial charge in [0.15, 0.2) is 0 Å². The number of nitrogens with zero attached hydrogens (tertiary/aromatic N) is 2. The molecule has 0 saturated heterocycles. The molecule has 1 aliphatic carbocycles. The lowest BCUT2D eigenvalue weighted by Crippen LogP contribution is -2.37. The van der Waals surface area contributed by atoms with Crippen molar-refractivity contribution in [3.05, 3.63) is 217 Å². The highest BCUT2D eigenvalue weighted by molar-refractivity contribution is 6.28. The SMILES string of the molecule is CN1c2ccccc2NC(c2ccc(-n3c4ccc5ccccc5c4c4c5ccccc5ccc43)c3ccccc23)C1c1cc(C2=CC=CCC2)cc(-c2ccccc2)c1. The van der Waals surface area contributed by atoms with Crippen molar-refractivity contribution in [1.29, 1.82) is 0 Å². The highest BCUT2D eigenvalue weighted by atomic mass is 15.2. The largest absolute Gasteiger partial charge is 0.374 e. The van der Waals surface area contributed by atoms with Gasteiger partial charge in [-0.25, -0.2) is 0 Å². The Hall–Kier alpha value is -7.36. The van der Waals surface area contributed by atoms with Crippen molar-refractivity contribution in [3.8, 4) is 16.8 Å². The molecule has 1 N–H and O–H groups in total. The molecule has 0 bridgehead atoms. The Labute approximate surface area is 350 Å². The molecule has 2 atom stereocenters. The first kappa shape index (κ1) is 34.7. The van der Waals surface area contributed by atoms with E-state index in [2.05, 4.69) is 222 Å². The third kappa shape index (κ3) is 5.43. The molecule has 0 amide bonds. The Morgan fingerprint density at radius 3 is 1.87 bits per heavy atom. The van der Waals surface area contributed by atoms with Gasteiger partial charge in [-0.3, -0.25) is 0 Å². The van der Waals surface area contributed by atoms with Gasteiger partial charge in [-0.2, -0.15) is 0 Å².